The summed E-state index contributed by atoms with van der Waals surface area (Å²) in [5.74, 6) is 0.205. The van der Waals surface area contributed by atoms with Crippen molar-refractivity contribution in [1.82, 2.24) is 4.90 Å². The van der Waals surface area contributed by atoms with Crippen LogP contribution >= 0.6 is 0 Å². The fourth-order valence-electron chi connectivity index (χ4n) is 4.01. The largest absolute Gasteiger partial charge is 0.481 e. The van der Waals surface area contributed by atoms with Gasteiger partial charge in [-0.2, -0.15) is 0 Å². The lowest BCUT2D eigenvalue weighted by Crippen LogP contribution is -2.45. The molecule has 3 aromatic rings. The van der Waals surface area contributed by atoms with Gasteiger partial charge in [-0.15, -0.1) is 0 Å². The highest BCUT2D eigenvalue weighted by Gasteiger charge is 2.34. The molecule has 6 heteroatoms. The number of nitrogens with zero attached hydrogens (tertiary/aromatic N) is 1. The third-order valence-electron chi connectivity index (χ3n) is 5.47. The molecule has 4 rings (SSSR count). The molecule has 2 aromatic carbocycles. The van der Waals surface area contributed by atoms with Gasteiger partial charge in [-0.1, -0.05) is 30.3 Å². The number of benzene rings is 2. The van der Waals surface area contributed by atoms with Crippen molar-refractivity contribution in [2.45, 2.75) is 38.8 Å². The molecule has 2 atom stereocenters. The van der Waals surface area contributed by atoms with E-state index in [1.54, 1.807) is 24.0 Å². The summed E-state index contributed by atoms with van der Waals surface area (Å²) in [5.41, 5.74) is 1.63. The lowest BCUT2D eigenvalue weighted by Gasteiger charge is -2.26. The monoisotopic (exact) mass is 405 g/mol. The maximum Gasteiger partial charge on any atom is 0.336 e. The Morgan fingerprint density at radius 2 is 1.90 bits per heavy atom. The number of Topliss-reactive ketones (excluding diaryl/α,β-unsaturated/α-hetero) is 1. The van der Waals surface area contributed by atoms with Crippen LogP contribution in [0.2, 0.25) is 0 Å². The molecule has 1 aliphatic rings. The number of hydrogen-bond acceptors (Lipinski definition) is 5. The van der Waals surface area contributed by atoms with Crippen molar-refractivity contribution < 1.29 is 18.7 Å². The molecule has 0 unspecified atom stereocenters. The van der Waals surface area contributed by atoms with Crippen LogP contribution < -0.4 is 10.4 Å². The molecule has 2 heterocycles. The second-order valence-electron chi connectivity index (χ2n) is 7.56. The topological polar surface area (TPSA) is 76.8 Å². The predicted molar refractivity (Wildman–Crippen MR) is 113 cm³/mol. The van der Waals surface area contributed by atoms with E-state index in [2.05, 4.69) is 0 Å². The van der Waals surface area contributed by atoms with Crippen LogP contribution in [-0.2, 0) is 9.59 Å². The molecule has 0 saturated carbocycles. The average molecular weight is 405 g/mol. The van der Waals surface area contributed by atoms with Crippen molar-refractivity contribution in [3.8, 4) is 16.9 Å². The average Bonchev–Trinajstić information content (AvgIpc) is 3.23. The molecule has 30 heavy (non-hydrogen) atoms. The molecule has 0 spiro atoms. The highest BCUT2D eigenvalue weighted by atomic mass is 16.5. The van der Waals surface area contributed by atoms with E-state index in [1.165, 1.54) is 13.0 Å². The van der Waals surface area contributed by atoms with E-state index in [1.807, 2.05) is 36.4 Å². The SMILES string of the molecule is CC(=O)[C@H]1CCCN1C(=O)[C@@H](C)Oc1ccc2c(-c3ccccc3)cc(=O)oc2c1. The number of likely N-dealkylation sites (tertiary alicyclic amines) is 1. The molecule has 1 amide bonds. The van der Waals surface area contributed by atoms with E-state index >= 15 is 0 Å². The first-order valence-electron chi connectivity index (χ1n) is 10.0. The molecule has 0 radical (unpaired) electrons. The van der Waals surface area contributed by atoms with Gasteiger partial charge in [0.25, 0.3) is 5.91 Å². The summed E-state index contributed by atoms with van der Waals surface area (Å²) in [6.07, 6.45) is 0.745. The van der Waals surface area contributed by atoms with Gasteiger partial charge in [0.1, 0.15) is 11.3 Å². The number of fused-ring (bicyclic) bond motifs is 1. The fourth-order valence-corrected chi connectivity index (χ4v) is 4.01. The summed E-state index contributed by atoms with van der Waals surface area (Å²) < 4.78 is 11.2. The maximum absolute atomic E-state index is 12.8. The molecule has 1 fully saturated rings. The van der Waals surface area contributed by atoms with Crippen LogP contribution in [0.5, 0.6) is 5.75 Å². The number of ketones is 1. The van der Waals surface area contributed by atoms with Crippen molar-refractivity contribution >= 4 is 22.7 Å². The summed E-state index contributed by atoms with van der Waals surface area (Å²) in [7, 11) is 0. The van der Waals surface area contributed by atoms with Crippen molar-refractivity contribution in [3.63, 3.8) is 0 Å². The summed E-state index contributed by atoms with van der Waals surface area (Å²) >= 11 is 0. The fraction of sp³-hybridized carbons (Fsp3) is 0.292. The lowest BCUT2D eigenvalue weighted by molar-refractivity contribution is -0.142. The van der Waals surface area contributed by atoms with Gasteiger partial charge in [0.2, 0.25) is 0 Å². The predicted octanol–water partition coefficient (Wildman–Crippen LogP) is 3.81. The highest BCUT2D eigenvalue weighted by Crippen LogP contribution is 2.30. The Morgan fingerprint density at radius 3 is 2.63 bits per heavy atom. The Hall–Kier alpha value is -3.41. The summed E-state index contributed by atoms with van der Waals surface area (Å²) in [6, 6.07) is 15.9. The van der Waals surface area contributed by atoms with Crippen LogP contribution in [0.25, 0.3) is 22.1 Å². The second kappa shape index (κ2) is 8.14. The van der Waals surface area contributed by atoms with Gasteiger partial charge in [0.15, 0.2) is 11.9 Å². The van der Waals surface area contributed by atoms with E-state index in [4.69, 9.17) is 9.15 Å². The van der Waals surface area contributed by atoms with Gasteiger partial charge >= 0.3 is 5.63 Å². The minimum absolute atomic E-state index is 0.00558. The minimum Gasteiger partial charge on any atom is -0.481 e. The molecule has 1 aliphatic heterocycles. The maximum atomic E-state index is 12.8. The number of carbonyl (C=O) groups is 2. The Bertz CT molecular complexity index is 1150. The Labute approximate surface area is 174 Å². The number of amides is 1. The van der Waals surface area contributed by atoms with Gasteiger partial charge in [-0.25, -0.2) is 4.79 Å². The highest BCUT2D eigenvalue weighted by molar-refractivity contribution is 5.94. The Kier molecular flexibility index (Phi) is 5.40. The zero-order valence-electron chi connectivity index (χ0n) is 17.0. The molecular weight excluding hydrogens is 382 g/mol. The van der Waals surface area contributed by atoms with Crippen LogP contribution in [0, 0.1) is 0 Å². The molecule has 0 N–H and O–H groups in total. The molecule has 1 saturated heterocycles. The molecule has 0 bridgehead atoms. The zero-order chi connectivity index (χ0) is 21.3. The number of hydrogen-bond donors (Lipinski definition) is 0. The molecule has 6 nitrogen and oxygen atoms in total. The van der Waals surface area contributed by atoms with Crippen LogP contribution in [0.4, 0.5) is 0 Å². The zero-order valence-corrected chi connectivity index (χ0v) is 17.0. The van der Waals surface area contributed by atoms with Crippen molar-refractivity contribution in [2.75, 3.05) is 6.54 Å². The quantitative estimate of drug-likeness (QED) is 0.604. The first-order chi connectivity index (χ1) is 14.4. The van der Waals surface area contributed by atoms with E-state index in [0.717, 1.165) is 22.9 Å². The second-order valence-corrected chi connectivity index (χ2v) is 7.56. The number of ether oxygens (including phenoxy) is 1. The van der Waals surface area contributed by atoms with Gasteiger partial charge in [-0.3, -0.25) is 9.59 Å². The number of carbonyl (C=O) groups excluding carboxylic acids is 2. The normalized spacial score (nSPS) is 17.1. The molecule has 1 aromatic heterocycles. The van der Waals surface area contributed by atoms with Crippen LogP contribution in [-0.4, -0.2) is 35.3 Å². The molecule has 0 aliphatic carbocycles. The Balaban J connectivity index is 1.60. The van der Waals surface area contributed by atoms with E-state index in [-0.39, 0.29) is 17.7 Å². The van der Waals surface area contributed by atoms with Crippen molar-refractivity contribution in [3.05, 3.63) is 65.0 Å². The van der Waals surface area contributed by atoms with Crippen molar-refractivity contribution in [2.24, 2.45) is 0 Å². The molecular formula is C24H23NO5. The lowest BCUT2D eigenvalue weighted by atomic mass is 10.0. The van der Waals surface area contributed by atoms with Crippen molar-refractivity contribution in [1.29, 1.82) is 0 Å². The van der Waals surface area contributed by atoms with Crippen LogP contribution in [0.15, 0.2) is 63.8 Å². The number of rotatable bonds is 5. The summed E-state index contributed by atoms with van der Waals surface area (Å²) in [6.45, 7) is 3.74. The van der Waals surface area contributed by atoms with E-state index < -0.39 is 11.7 Å². The minimum atomic E-state index is -0.758. The van der Waals surface area contributed by atoms with Crippen LogP contribution in [0.3, 0.4) is 0 Å². The molecule has 154 valence electrons. The third-order valence-corrected chi connectivity index (χ3v) is 5.47. The summed E-state index contributed by atoms with van der Waals surface area (Å²) in [5, 5.41) is 0.781. The first kappa shape index (κ1) is 19.9. The Morgan fingerprint density at radius 1 is 1.13 bits per heavy atom. The van der Waals surface area contributed by atoms with Crippen LogP contribution in [0.1, 0.15) is 26.7 Å². The van der Waals surface area contributed by atoms with Gasteiger partial charge in [-0.05, 0) is 49.9 Å². The van der Waals surface area contributed by atoms with E-state index in [0.29, 0.717) is 24.3 Å². The van der Waals surface area contributed by atoms with E-state index in [9.17, 15) is 14.4 Å². The third kappa shape index (κ3) is 3.85. The smallest absolute Gasteiger partial charge is 0.336 e. The van der Waals surface area contributed by atoms with Gasteiger partial charge in [0, 0.05) is 24.1 Å². The summed E-state index contributed by atoms with van der Waals surface area (Å²) in [4.78, 5) is 38.3. The van der Waals surface area contributed by atoms with Gasteiger partial charge < -0.3 is 14.1 Å². The van der Waals surface area contributed by atoms with Gasteiger partial charge in [0.05, 0.1) is 6.04 Å². The first-order valence-corrected chi connectivity index (χ1v) is 10.0. The standard InChI is InChI=1S/C24H23NO5/c1-15(26)21-9-6-12-25(21)24(28)16(2)29-18-10-11-19-20(17-7-4-3-5-8-17)14-23(27)30-22(19)13-18/h3-5,7-8,10-11,13-14,16,21H,6,9,12H2,1-2H3/t16-,21-/m1/s1.